The molecule has 1 heterocycles. The van der Waals surface area contributed by atoms with E-state index in [-0.39, 0.29) is 16.2 Å². The fourth-order valence-corrected chi connectivity index (χ4v) is 5.71. The molecule has 2 N–H and O–H groups in total. The Morgan fingerprint density at radius 1 is 1.24 bits per heavy atom. The molecule has 0 bridgehead atoms. The number of hydrogen-bond acceptors (Lipinski definition) is 5. The van der Waals surface area contributed by atoms with Gasteiger partial charge in [0.05, 0.1) is 4.90 Å². The Balaban J connectivity index is 1.70. The first-order valence-corrected chi connectivity index (χ1v) is 13.1. The first-order chi connectivity index (χ1) is 15.7. The molecule has 2 fully saturated rings. The van der Waals surface area contributed by atoms with Gasteiger partial charge in [0.25, 0.3) is 5.91 Å². The number of benzene rings is 1. The number of carbonyl (C=O) groups excluding carboxylic acids is 3. The van der Waals surface area contributed by atoms with Crippen LogP contribution in [0, 0.1) is 18.3 Å². The van der Waals surface area contributed by atoms with Crippen molar-refractivity contribution in [3.63, 3.8) is 0 Å². The van der Waals surface area contributed by atoms with Gasteiger partial charge in [0.1, 0.15) is 12.1 Å². The number of nitrogens with one attached hydrogen (secondary N) is 2. The summed E-state index contributed by atoms with van der Waals surface area (Å²) in [6, 6.07) is 3.89. The molecule has 2 aliphatic rings. The summed E-state index contributed by atoms with van der Waals surface area (Å²) in [4.78, 5) is 39.6. The zero-order valence-corrected chi connectivity index (χ0v) is 21.7. The van der Waals surface area contributed by atoms with Crippen LogP contribution < -0.4 is 10.6 Å². The molecule has 188 valence electrons. The third-order valence-electron chi connectivity index (χ3n) is 7.66. The number of rotatable bonds is 7. The third-order valence-corrected chi connectivity index (χ3v) is 9.48. The molecule has 1 aromatic rings. The van der Waals surface area contributed by atoms with Gasteiger partial charge in [-0.1, -0.05) is 33.3 Å². The van der Waals surface area contributed by atoms with Gasteiger partial charge in [-0.2, -0.15) is 0 Å². The van der Waals surface area contributed by atoms with Crippen molar-refractivity contribution in [2.75, 3.05) is 26.0 Å². The molecule has 4 amide bonds. The summed E-state index contributed by atoms with van der Waals surface area (Å²) in [5, 5.41) is 5.51. The van der Waals surface area contributed by atoms with Gasteiger partial charge in [-0.25, -0.2) is 17.5 Å². The van der Waals surface area contributed by atoms with Crippen LogP contribution in [0.15, 0.2) is 23.1 Å². The lowest BCUT2D eigenvalue weighted by atomic mass is 9.65. The number of carbonyl (C=O) groups is 3. The Bertz CT molecular complexity index is 1090. The zero-order chi connectivity index (χ0) is 25.5. The van der Waals surface area contributed by atoms with Gasteiger partial charge in [-0.3, -0.25) is 14.5 Å². The second kappa shape index (κ2) is 9.30. The minimum Gasteiger partial charge on any atom is -0.324 e. The highest BCUT2D eigenvalue weighted by molar-refractivity contribution is 7.89. The molecular weight excluding hydrogens is 456 g/mol. The lowest BCUT2D eigenvalue weighted by Gasteiger charge is -2.42. The zero-order valence-electron chi connectivity index (χ0n) is 20.9. The summed E-state index contributed by atoms with van der Waals surface area (Å²) in [5.41, 5.74) is 0.223. The quantitative estimate of drug-likeness (QED) is 0.568. The smallest absolute Gasteiger partial charge is 0.324 e. The van der Waals surface area contributed by atoms with Crippen LogP contribution in [-0.4, -0.2) is 61.6 Å². The summed E-state index contributed by atoms with van der Waals surface area (Å²) in [5.74, 6) is -0.441. The average molecular weight is 493 g/mol. The molecule has 3 rings (SSSR count). The number of urea groups is 1. The minimum atomic E-state index is -3.67. The van der Waals surface area contributed by atoms with Crippen LogP contribution in [0.5, 0.6) is 0 Å². The third kappa shape index (κ3) is 4.84. The van der Waals surface area contributed by atoms with E-state index in [0.29, 0.717) is 30.0 Å². The van der Waals surface area contributed by atoms with E-state index in [9.17, 15) is 22.8 Å². The molecule has 1 saturated carbocycles. The SMILES string of the molecule is CCC(C)(C)C1CCC2(CC1)NC(=O)N(CC(=O)Nc1cc(S(=O)(=O)N(C)C)ccc1C)C2=O. The second-order valence-electron chi connectivity index (χ2n) is 10.3. The number of sulfonamides is 1. The predicted molar refractivity (Wildman–Crippen MR) is 130 cm³/mol. The first-order valence-electron chi connectivity index (χ1n) is 11.7. The van der Waals surface area contributed by atoms with Gasteiger partial charge in [0, 0.05) is 19.8 Å². The largest absolute Gasteiger partial charge is 0.325 e. The van der Waals surface area contributed by atoms with Crippen molar-refractivity contribution in [1.82, 2.24) is 14.5 Å². The fourth-order valence-electron chi connectivity index (χ4n) is 4.78. The lowest BCUT2D eigenvalue weighted by Crippen LogP contribution is -2.51. The summed E-state index contributed by atoms with van der Waals surface area (Å²) in [7, 11) is -0.818. The summed E-state index contributed by atoms with van der Waals surface area (Å²) in [6.45, 7) is 7.95. The Labute approximate surface area is 202 Å². The lowest BCUT2D eigenvalue weighted by molar-refractivity contribution is -0.135. The second-order valence-corrected chi connectivity index (χ2v) is 12.5. The Morgan fingerprint density at radius 3 is 2.41 bits per heavy atom. The number of nitrogens with zero attached hydrogens (tertiary/aromatic N) is 2. The van der Waals surface area contributed by atoms with Crippen LogP contribution in [0.25, 0.3) is 0 Å². The molecule has 10 heteroatoms. The highest BCUT2D eigenvalue weighted by atomic mass is 32.2. The van der Waals surface area contributed by atoms with Gasteiger partial charge >= 0.3 is 6.03 Å². The Hall–Kier alpha value is -2.46. The molecule has 1 aliphatic heterocycles. The van der Waals surface area contributed by atoms with Gasteiger partial charge in [0.15, 0.2) is 0 Å². The van der Waals surface area contributed by atoms with E-state index in [4.69, 9.17) is 0 Å². The molecular formula is C24H36N4O5S. The molecule has 1 saturated heterocycles. The number of amides is 4. The average Bonchev–Trinajstić information content (AvgIpc) is 2.99. The monoisotopic (exact) mass is 492 g/mol. The number of hydrogen-bond donors (Lipinski definition) is 2. The first kappa shape index (κ1) is 26.2. The van der Waals surface area contributed by atoms with E-state index in [0.717, 1.165) is 28.5 Å². The maximum absolute atomic E-state index is 13.2. The molecule has 0 radical (unpaired) electrons. The number of aryl methyl sites for hydroxylation is 1. The molecule has 1 aromatic carbocycles. The number of imide groups is 1. The van der Waals surface area contributed by atoms with Crippen molar-refractivity contribution < 1.29 is 22.8 Å². The summed E-state index contributed by atoms with van der Waals surface area (Å²) < 4.78 is 25.9. The topological polar surface area (TPSA) is 116 Å². The molecule has 0 aromatic heterocycles. The molecule has 0 atom stereocenters. The van der Waals surface area contributed by atoms with Crippen LogP contribution in [0.3, 0.4) is 0 Å². The van der Waals surface area contributed by atoms with E-state index in [1.54, 1.807) is 13.0 Å². The molecule has 34 heavy (non-hydrogen) atoms. The minimum absolute atomic E-state index is 0.0408. The van der Waals surface area contributed by atoms with Crippen LogP contribution in [-0.2, 0) is 19.6 Å². The van der Waals surface area contributed by atoms with Gasteiger partial charge in [-0.05, 0) is 61.6 Å². The molecule has 1 spiro atoms. The highest BCUT2D eigenvalue weighted by Gasteiger charge is 2.53. The standard InChI is InChI=1S/C24H36N4O5S/c1-7-23(3,4)17-10-12-24(13-11-17)21(30)28(22(31)26-24)15-20(29)25-19-14-18(9-8-16(19)2)34(32,33)27(5)6/h8-9,14,17H,7,10-13,15H2,1-6H3,(H,25,29)(H,26,31). The Morgan fingerprint density at radius 2 is 1.85 bits per heavy atom. The van der Waals surface area contributed by atoms with E-state index in [1.807, 2.05) is 0 Å². The van der Waals surface area contributed by atoms with Crippen molar-refractivity contribution in [1.29, 1.82) is 0 Å². The van der Waals surface area contributed by atoms with Crippen LogP contribution in [0.2, 0.25) is 0 Å². The normalized spacial score (nSPS) is 23.5. The van der Waals surface area contributed by atoms with Crippen molar-refractivity contribution in [2.24, 2.45) is 11.3 Å². The van der Waals surface area contributed by atoms with Crippen molar-refractivity contribution in [3.05, 3.63) is 23.8 Å². The highest BCUT2D eigenvalue weighted by Crippen LogP contribution is 2.45. The van der Waals surface area contributed by atoms with Crippen molar-refractivity contribution >= 4 is 33.6 Å². The van der Waals surface area contributed by atoms with Gasteiger partial charge in [-0.15, -0.1) is 0 Å². The van der Waals surface area contributed by atoms with Gasteiger partial charge < -0.3 is 10.6 Å². The number of anilines is 1. The van der Waals surface area contributed by atoms with Gasteiger partial charge in [0.2, 0.25) is 15.9 Å². The van der Waals surface area contributed by atoms with Crippen LogP contribution >= 0.6 is 0 Å². The summed E-state index contributed by atoms with van der Waals surface area (Å²) in [6.07, 6.45) is 3.87. The van der Waals surface area contributed by atoms with Crippen molar-refractivity contribution in [2.45, 2.75) is 70.2 Å². The van der Waals surface area contributed by atoms with Crippen LogP contribution in [0.1, 0.15) is 58.4 Å². The van der Waals surface area contributed by atoms with E-state index < -0.39 is 34.0 Å². The maximum Gasteiger partial charge on any atom is 0.325 e. The summed E-state index contributed by atoms with van der Waals surface area (Å²) >= 11 is 0. The molecule has 0 unspecified atom stereocenters. The molecule has 1 aliphatic carbocycles. The maximum atomic E-state index is 13.2. The van der Waals surface area contributed by atoms with Crippen molar-refractivity contribution in [3.8, 4) is 0 Å². The van der Waals surface area contributed by atoms with Crippen LogP contribution in [0.4, 0.5) is 10.5 Å². The van der Waals surface area contributed by atoms with E-state index in [1.165, 1.54) is 26.2 Å². The Kier molecular flexibility index (Phi) is 7.15. The fraction of sp³-hybridized carbons (Fsp3) is 0.625. The van der Waals surface area contributed by atoms with E-state index >= 15 is 0 Å². The van der Waals surface area contributed by atoms with E-state index in [2.05, 4.69) is 31.4 Å². The molecule has 9 nitrogen and oxygen atoms in total. The predicted octanol–water partition coefficient (Wildman–Crippen LogP) is 3.10.